The Morgan fingerprint density at radius 2 is 1.35 bits per heavy atom. The molecule has 3 nitrogen and oxygen atoms in total. The summed E-state index contributed by atoms with van der Waals surface area (Å²) in [5, 5.41) is 11.7. The van der Waals surface area contributed by atoms with Gasteiger partial charge in [-0.15, -0.1) is 0 Å². The molecule has 3 N–H and O–H groups in total. The van der Waals surface area contributed by atoms with Crippen LogP contribution in [0.15, 0.2) is 127 Å². The van der Waals surface area contributed by atoms with E-state index in [0.717, 1.165) is 18.8 Å². The van der Waals surface area contributed by atoms with E-state index >= 15 is 0 Å². The van der Waals surface area contributed by atoms with E-state index in [1.54, 1.807) is 16.7 Å². The van der Waals surface area contributed by atoms with Crippen molar-refractivity contribution in [2.45, 2.75) is 75.8 Å². The highest BCUT2D eigenvalue weighted by atomic mass is 15.4. The van der Waals surface area contributed by atoms with Crippen molar-refractivity contribution in [2.24, 2.45) is 23.7 Å². The lowest BCUT2D eigenvalue weighted by Gasteiger charge is -2.41. The van der Waals surface area contributed by atoms with Gasteiger partial charge < -0.3 is 0 Å². The second-order valence-electron chi connectivity index (χ2n) is 16.6. The molecule has 4 aromatic carbocycles. The van der Waals surface area contributed by atoms with Gasteiger partial charge in [0, 0.05) is 5.92 Å². The number of rotatable bonds is 4. The van der Waals surface area contributed by atoms with E-state index in [0.29, 0.717) is 23.7 Å². The van der Waals surface area contributed by atoms with Crippen molar-refractivity contribution in [3.8, 4) is 11.1 Å². The van der Waals surface area contributed by atoms with Gasteiger partial charge in [0.05, 0.1) is 18.5 Å². The second-order valence-corrected chi connectivity index (χ2v) is 16.6. The summed E-state index contributed by atoms with van der Waals surface area (Å²) in [6.07, 6.45) is 11.8. The van der Waals surface area contributed by atoms with Gasteiger partial charge in [0.2, 0.25) is 0 Å². The molecule has 1 heterocycles. The molecule has 2 fully saturated rings. The van der Waals surface area contributed by atoms with E-state index in [4.69, 9.17) is 0 Å². The molecule has 4 aromatic rings. The third kappa shape index (κ3) is 4.45. The van der Waals surface area contributed by atoms with E-state index in [9.17, 15) is 0 Å². The van der Waals surface area contributed by atoms with Crippen LogP contribution >= 0.6 is 0 Å². The summed E-state index contributed by atoms with van der Waals surface area (Å²) in [5.74, 6) is 3.36. The lowest BCUT2D eigenvalue weighted by atomic mass is 9.69. The van der Waals surface area contributed by atoms with Crippen molar-refractivity contribution in [1.29, 1.82) is 0 Å². The zero-order valence-electron chi connectivity index (χ0n) is 29.1. The zero-order chi connectivity index (χ0) is 33.1. The predicted molar refractivity (Wildman–Crippen MR) is 201 cm³/mol. The molecule has 49 heavy (non-hydrogen) atoms. The van der Waals surface area contributed by atoms with E-state index in [1.807, 2.05) is 0 Å². The molecule has 8 unspecified atom stereocenters. The molecule has 8 atom stereocenters. The van der Waals surface area contributed by atoms with Crippen LogP contribution < -0.4 is 16.0 Å². The van der Waals surface area contributed by atoms with Crippen LogP contribution in [0.5, 0.6) is 0 Å². The van der Waals surface area contributed by atoms with Crippen LogP contribution in [0.1, 0.15) is 92.2 Å². The maximum absolute atomic E-state index is 3.92. The molecule has 0 amide bonds. The van der Waals surface area contributed by atoms with Gasteiger partial charge in [-0.05, 0) is 115 Å². The Kier molecular flexibility index (Phi) is 6.54. The third-order valence-corrected chi connectivity index (χ3v) is 13.4. The summed E-state index contributed by atoms with van der Waals surface area (Å²) in [6.45, 7) is 10.1. The monoisotopic (exact) mass is 641 g/mol. The first kappa shape index (κ1) is 29.9. The minimum atomic E-state index is 0.0135. The highest BCUT2D eigenvalue weighted by Crippen LogP contribution is 2.76. The first-order chi connectivity index (χ1) is 23.8. The summed E-state index contributed by atoms with van der Waals surface area (Å²) >= 11 is 0. The standard InChI is InChI=1S/C46H47N3/c1-45(2)36-21-12-11-20-32(36)35-26-34-33-23-22-30(25-37(33)46(3,4)41-38(34)39(41)40(35)45)29-18-13-19-31(24-29)44-48-42(27-14-7-5-8-15-27)47-43(49-44)28-16-9-6-10-17-28/h5-9,11-16,18-26,35,38-44,47-49H,10,17H2,1-4H3. The predicted octanol–water partition coefficient (Wildman–Crippen LogP) is 9.68. The first-order valence-electron chi connectivity index (χ1n) is 18.6. The number of hydrogen-bond donors (Lipinski definition) is 3. The highest BCUT2D eigenvalue weighted by Gasteiger charge is 2.70. The lowest BCUT2D eigenvalue weighted by molar-refractivity contribution is 0.219. The molecule has 0 bridgehead atoms. The first-order valence-corrected chi connectivity index (χ1v) is 18.6. The molecule has 0 aromatic heterocycles. The van der Waals surface area contributed by atoms with E-state index in [2.05, 4.69) is 165 Å². The molecule has 1 saturated heterocycles. The minimum Gasteiger partial charge on any atom is -0.279 e. The molecule has 1 aliphatic heterocycles. The average molecular weight is 642 g/mol. The SMILES string of the molecule is CC1(C)c2ccccc2C2C=C3c4ccc(-c5cccc(C6NC(C7=CC=CCC7)NC(c7ccccc7)N6)c5)cc4C(C)(C)C4C3C4C21. The van der Waals surface area contributed by atoms with Crippen LogP contribution in [-0.4, -0.2) is 6.17 Å². The Hall–Kier alpha value is -4.02. The molecule has 0 radical (unpaired) electrons. The summed E-state index contributed by atoms with van der Waals surface area (Å²) in [4.78, 5) is 0. The van der Waals surface area contributed by atoms with Gasteiger partial charge in [0.1, 0.15) is 0 Å². The number of nitrogens with one attached hydrogen (secondary N) is 3. The number of benzene rings is 4. The topological polar surface area (TPSA) is 36.1 Å². The van der Waals surface area contributed by atoms with Crippen LogP contribution in [-0.2, 0) is 10.8 Å². The van der Waals surface area contributed by atoms with E-state index in [1.165, 1.54) is 39.0 Å². The van der Waals surface area contributed by atoms with Gasteiger partial charge >= 0.3 is 0 Å². The summed E-state index contributed by atoms with van der Waals surface area (Å²) in [7, 11) is 0. The van der Waals surface area contributed by atoms with Gasteiger partial charge in [-0.1, -0.05) is 137 Å². The maximum Gasteiger partial charge on any atom is 0.0864 e. The molecule has 6 aliphatic rings. The lowest BCUT2D eigenvalue weighted by Crippen LogP contribution is -2.59. The van der Waals surface area contributed by atoms with Crippen LogP contribution in [0.25, 0.3) is 16.7 Å². The summed E-state index contributed by atoms with van der Waals surface area (Å²) in [5.41, 5.74) is 14.7. The van der Waals surface area contributed by atoms with Crippen LogP contribution in [0.2, 0.25) is 0 Å². The van der Waals surface area contributed by atoms with Crippen molar-refractivity contribution >= 4 is 5.57 Å². The Labute approximate surface area is 291 Å². The van der Waals surface area contributed by atoms with Crippen LogP contribution in [0, 0.1) is 23.7 Å². The highest BCUT2D eigenvalue weighted by molar-refractivity contribution is 5.82. The normalized spacial score (nSPS) is 32.6. The molecule has 0 spiro atoms. The average Bonchev–Trinajstić information content (AvgIpc) is 3.86. The number of fused-ring (bicyclic) bond motifs is 7. The minimum absolute atomic E-state index is 0.0135. The molecular formula is C46H47N3. The summed E-state index contributed by atoms with van der Waals surface area (Å²) < 4.78 is 0. The van der Waals surface area contributed by atoms with Crippen LogP contribution in [0.3, 0.4) is 0 Å². The van der Waals surface area contributed by atoms with Crippen molar-refractivity contribution in [1.82, 2.24) is 16.0 Å². The molecule has 5 aliphatic carbocycles. The smallest absolute Gasteiger partial charge is 0.0864 e. The molecule has 10 rings (SSSR count). The zero-order valence-corrected chi connectivity index (χ0v) is 29.1. The van der Waals surface area contributed by atoms with Crippen LogP contribution in [0.4, 0.5) is 0 Å². The second kappa shape index (κ2) is 10.7. The van der Waals surface area contributed by atoms with Crippen molar-refractivity contribution in [3.05, 3.63) is 160 Å². The Balaban J connectivity index is 1.00. The fourth-order valence-electron chi connectivity index (χ4n) is 11.1. The summed E-state index contributed by atoms with van der Waals surface area (Å²) in [6, 6.07) is 36.7. The molecule has 246 valence electrons. The molecule has 3 heteroatoms. The van der Waals surface area contributed by atoms with Crippen molar-refractivity contribution in [3.63, 3.8) is 0 Å². The van der Waals surface area contributed by atoms with E-state index < -0.39 is 0 Å². The third-order valence-electron chi connectivity index (χ3n) is 13.4. The van der Waals surface area contributed by atoms with Gasteiger partial charge in [-0.25, -0.2) is 0 Å². The Bertz CT molecular complexity index is 2060. The Morgan fingerprint density at radius 1 is 0.633 bits per heavy atom. The molecule has 1 saturated carbocycles. The maximum atomic E-state index is 3.92. The van der Waals surface area contributed by atoms with Gasteiger partial charge in [-0.2, -0.15) is 0 Å². The van der Waals surface area contributed by atoms with Gasteiger partial charge in [-0.3, -0.25) is 16.0 Å². The largest absolute Gasteiger partial charge is 0.279 e. The Morgan fingerprint density at radius 3 is 2.16 bits per heavy atom. The van der Waals surface area contributed by atoms with Crippen molar-refractivity contribution < 1.29 is 0 Å². The number of hydrogen-bond acceptors (Lipinski definition) is 3. The van der Waals surface area contributed by atoms with E-state index in [-0.39, 0.29) is 29.3 Å². The van der Waals surface area contributed by atoms with Gasteiger partial charge in [0.15, 0.2) is 0 Å². The fraction of sp³-hybridized carbons (Fsp3) is 0.348. The fourth-order valence-corrected chi connectivity index (χ4v) is 11.1. The molecular weight excluding hydrogens is 595 g/mol. The number of allylic oxidation sites excluding steroid dienone is 5. The van der Waals surface area contributed by atoms with Gasteiger partial charge in [0.25, 0.3) is 0 Å². The quantitative estimate of drug-likeness (QED) is 0.208. The van der Waals surface area contributed by atoms with Crippen molar-refractivity contribution in [2.75, 3.05) is 0 Å².